The molecule has 0 rings (SSSR count). The van der Waals surface area contributed by atoms with Gasteiger partial charge in [-0.15, -0.1) is 0 Å². The third kappa shape index (κ3) is 9.63. The van der Waals surface area contributed by atoms with E-state index < -0.39 is 0 Å². The summed E-state index contributed by atoms with van der Waals surface area (Å²) >= 11 is 0.125. The molecule has 0 amide bonds. The van der Waals surface area contributed by atoms with E-state index in [2.05, 4.69) is 0 Å². The maximum absolute atomic E-state index is 8.38. The summed E-state index contributed by atoms with van der Waals surface area (Å²) in [4.78, 5) is 0. The number of hydrogen-bond acceptors (Lipinski definition) is 1. The standard InChI is InChI=1S/Li.Mn.O.Zn.H/q+1;;;;-1. The van der Waals surface area contributed by atoms with Gasteiger partial charge in [-0.25, -0.2) is 0 Å². The molecule has 0 atom stereocenters. The van der Waals surface area contributed by atoms with Gasteiger partial charge in [-0.1, -0.05) is 0 Å². The zero-order chi connectivity index (χ0) is 2.00. The van der Waals surface area contributed by atoms with Gasteiger partial charge in [0.05, 0.1) is 0 Å². The molecule has 17 valence electrons. The molecule has 0 aromatic carbocycles. The summed E-state index contributed by atoms with van der Waals surface area (Å²) in [6, 6.07) is 0. The minimum absolute atomic E-state index is 0. The van der Waals surface area contributed by atoms with Gasteiger partial charge in [0.1, 0.15) is 0 Å². The van der Waals surface area contributed by atoms with Crippen molar-refractivity contribution in [2.75, 3.05) is 0 Å². The van der Waals surface area contributed by atoms with Gasteiger partial charge in [-0.3, -0.25) is 0 Å². The molecule has 0 unspecified atom stereocenters. The van der Waals surface area contributed by atoms with E-state index in [1.54, 1.807) is 0 Å². The molecule has 0 N–H and O–H groups in total. The summed E-state index contributed by atoms with van der Waals surface area (Å²) in [6.45, 7) is 0. The normalized spacial score (nSPS) is 1.50. The van der Waals surface area contributed by atoms with Gasteiger partial charge in [-0.05, 0) is 0 Å². The van der Waals surface area contributed by atoms with Crippen LogP contribution in [-0.2, 0) is 38.9 Å². The third-order valence-electron chi connectivity index (χ3n) is 0. The fourth-order valence-corrected chi connectivity index (χ4v) is 0. The van der Waals surface area contributed by atoms with E-state index in [4.69, 9.17) is 3.57 Å². The second-order valence-electron chi connectivity index (χ2n) is 0. The van der Waals surface area contributed by atoms with Crippen molar-refractivity contribution in [1.82, 2.24) is 0 Å². The molecule has 0 bridgehead atoms. The molecule has 0 aliphatic carbocycles. The first-order chi connectivity index (χ1) is 1.00. The predicted octanol–water partition coefficient (Wildman–Crippen LogP) is -3.01. The Labute approximate surface area is 59.0 Å². The Morgan fingerprint density at radius 1 is 1.50 bits per heavy atom. The monoisotopic (exact) mass is 143 g/mol. The van der Waals surface area contributed by atoms with Gasteiger partial charge < -0.3 is 1.43 Å². The molecule has 1 nitrogen and oxygen atoms in total. The van der Waals surface area contributed by atoms with Crippen LogP contribution in [0.2, 0.25) is 0 Å². The Morgan fingerprint density at radius 3 is 1.50 bits per heavy atom. The molecular formula is HLiMnOZn. The summed E-state index contributed by atoms with van der Waals surface area (Å²) in [7, 11) is 0. The van der Waals surface area contributed by atoms with E-state index in [-0.39, 0.29) is 55.6 Å². The summed E-state index contributed by atoms with van der Waals surface area (Å²) in [5.41, 5.74) is 0. The molecule has 4 heteroatoms. The van der Waals surface area contributed by atoms with Crippen molar-refractivity contribution in [3.63, 3.8) is 0 Å². The average Bonchev–Trinajstić information content (AvgIpc) is 1.00. The fourth-order valence-electron chi connectivity index (χ4n) is 0. The molecule has 0 aliphatic heterocycles. The van der Waals surface area contributed by atoms with E-state index in [1.165, 1.54) is 0 Å². The second kappa shape index (κ2) is 24.0. The molecule has 0 saturated heterocycles. The van der Waals surface area contributed by atoms with Crippen LogP contribution in [0, 0.1) is 0 Å². The molecule has 1 radical (unpaired) electrons. The summed E-state index contributed by atoms with van der Waals surface area (Å²) in [5, 5.41) is 0. The zero-order valence-electron chi connectivity index (χ0n) is 3.49. The van der Waals surface area contributed by atoms with Gasteiger partial charge in [0.25, 0.3) is 0 Å². The first-order valence-electron chi connectivity index (χ1n) is 0.289. The topological polar surface area (TPSA) is 17.1 Å². The molecule has 0 fully saturated rings. The molecule has 0 aliphatic rings. The van der Waals surface area contributed by atoms with E-state index in [9.17, 15) is 0 Å². The average molecular weight is 144 g/mol. The van der Waals surface area contributed by atoms with Crippen molar-refractivity contribution in [1.29, 1.82) is 0 Å². The van der Waals surface area contributed by atoms with Crippen LogP contribution in [0.1, 0.15) is 1.43 Å². The first-order valence-corrected chi connectivity index (χ1v) is 1.50. The van der Waals surface area contributed by atoms with Crippen LogP contribution in [0.5, 0.6) is 0 Å². The maximum atomic E-state index is 8.38. The molecule has 0 saturated carbocycles. The molecule has 4 heavy (non-hydrogen) atoms. The van der Waals surface area contributed by atoms with E-state index in [0.717, 1.165) is 0 Å². The van der Waals surface area contributed by atoms with Crippen LogP contribution in [0.3, 0.4) is 0 Å². The Bertz CT molecular complexity index is 11.6. The van der Waals surface area contributed by atoms with Crippen LogP contribution in [-0.4, -0.2) is 0 Å². The predicted molar refractivity (Wildman–Crippen MR) is 1.80 cm³/mol. The van der Waals surface area contributed by atoms with Crippen LogP contribution < -0.4 is 18.9 Å². The van der Waals surface area contributed by atoms with Crippen molar-refractivity contribution < 1.29 is 59.2 Å². The van der Waals surface area contributed by atoms with Crippen molar-refractivity contribution in [3.8, 4) is 0 Å². The number of hydrogen-bond donors (Lipinski definition) is 0. The molecule has 0 spiro atoms. The van der Waals surface area contributed by atoms with Crippen molar-refractivity contribution in [2.45, 2.75) is 0 Å². The third-order valence-corrected chi connectivity index (χ3v) is 0. The molecule has 0 heterocycles. The number of rotatable bonds is 0. The second-order valence-corrected chi connectivity index (χ2v) is 0. The minimum atomic E-state index is 0. The van der Waals surface area contributed by atoms with Crippen LogP contribution in [0.15, 0.2) is 0 Å². The van der Waals surface area contributed by atoms with E-state index in [1.807, 2.05) is 0 Å². The Kier molecular flexibility index (Phi) is 106. The first kappa shape index (κ1) is 17.7. The summed E-state index contributed by atoms with van der Waals surface area (Å²) in [6.07, 6.45) is 0. The van der Waals surface area contributed by atoms with Gasteiger partial charge in [0.2, 0.25) is 0 Å². The summed E-state index contributed by atoms with van der Waals surface area (Å²) in [5.74, 6) is 0. The van der Waals surface area contributed by atoms with E-state index >= 15 is 0 Å². The Balaban J connectivity index is -0.00000000167. The van der Waals surface area contributed by atoms with E-state index in [0.29, 0.717) is 0 Å². The van der Waals surface area contributed by atoms with Crippen molar-refractivity contribution >= 4 is 0 Å². The summed E-state index contributed by atoms with van der Waals surface area (Å²) < 4.78 is 8.38. The Morgan fingerprint density at radius 2 is 1.50 bits per heavy atom. The van der Waals surface area contributed by atoms with Gasteiger partial charge in [0, 0.05) is 17.1 Å². The van der Waals surface area contributed by atoms with Gasteiger partial charge in [0.15, 0.2) is 0 Å². The van der Waals surface area contributed by atoms with Crippen LogP contribution >= 0.6 is 0 Å². The van der Waals surface area contributed by atoms with Crippen molar-refractivity contribution in [2.24, 2.45) is 0 Å². The van der Waals surface area contributed by atoms with Crippen molar-refractivity contribution in [3.05, 3.63) is 0 Å². The van der Waals surface area contributed by atoms with Gasteiger partial charge >= 0.3 is 40.7 Å². The molecule has 0 aromatic rings. The quantitative estimate of drug-likeness (QED) is 0.331. The zero-order valence-corrected chi connectivity index (χ0v) is 6.64. The molecule has 0 aromatic heterocycles. The fraction of sp³-hybridized carbons (Fsp3) is 0. The van der Waals surface area contributed by atoms with Crippen LogP contribution in [0.4, 0.5) is 0 Å². The SMILES string of the molecule is [H-].[Li+].[Mn].[O]=[Zn]. The van der Waals surface area contributed by atoms with Gasteiger partial charge in [-0.2, -0.15) is 0 Å². The molecular weight excluding hydrogens is 143 g/mol. The van der Waals surface area contributed by atoms with Crippen LogP contribution in [0.25, 0.3) is 0 Å². The Hall–Kier alpha value is 1.54.